The first-order chi connectivity index (χ1) is 16.1. The topological polar surface area (TPSA) is 88.0 Å². The molecule has 0 radical (unpaired) electrons. The van der Waals surface area contributed by atoms with Crippen LogP contribution in [0, 0.1) is 10.1 Å². The SMILES string of the molecule is COc1cccc(NC(=O)C(c2ccccc2)N2CCN(c3ccccc3[N+](=O)[O-])CC2)c1. The lowest BCUT2D eigenvalue weighted by Crippen LogP contribution is -2.50. The Labute approximate surface area is 192 Å². The van der Waals surface area contributed by atoms with Crippen LogP contribution in [0.5, 0.6) is 5.75 Å². The van der Waals surface area contributed by atoms with E-state index in [1.165, 1.54) is 6.07 Å². The summed E-state index contributed by atoms with van der Waals surface area (Å²) in [6, 6.07) is 23.2. The Morgan fingerprint density at radius 3 is 2.36 bits per heavy atom. The van der Waals surface area contributed by atoms with Crippen LogP contribution in [0.25, 0.3) is 0 Å². The number of rotatable bonds is 7. The summed E-state index contributed by atoms with van der Waals surface area (Å²) in [5.41, 5.74) is 2.27. The molecular weight excluding hydrogens is 420 g/mol. The first-order valence-corrected chi connectivity index (χ1v) is 10.8. The molecule has 1 atom stereocenters. The van der Waals surface area contributed by atoms with Crippen molar-refractivity contribution in [3.8, 4) is 5.75 Å². The first-order valence-electron chi connectivity index (χ1n) is 10.8. The summed E-state index contributed by atoms with van der Waals surface area (Å²) < 4.78 is 5.26. The molecule has 1 aliphatic rings. The van der Waals surface area contributed by atoms with Crippen LogP contribution in [-0.4, -0.2) is 49.0 Å². The number of hydrogen-bond donors (Lipinski definition) is 1. The molecule has 0 bridgehead atoms. The van der Waals surface area contributed by atoms with Crippen molar-refractivity contribution in [3.63, 3.8) is 0 Å². The standard InChI is InChI=1S/C25H26N4O4/c1-33-21-11-7-10-20(18-21)26-25(30)24(19-8-3-2-4-9-19)28-16-14-27(15-17-28)22-12-5-6-13-23(22)29(31)32/h2-13,18,24H,14-17H2,1H3,(H,26,30). The average Bonchev–Trinajstić information content (AvgIpc) is 2.85. The zero-order valence-corrected chi connectivity index (χ0v) is 18.4. The number of carbonyl (C=O) groups is 1. The van der Waals surface area contributed by atoms with E-state index in [4.69, 9.17) is 4.74 Å². The summed E-state index contributed by atoms with van der Waals surface area (Å²) >= 11 is 0. The van der Waals surface area contributed by atoms with Crippen molar-refractivity contribution < 1.29 is 14.5 Å². The van der Waals surface area contributed by atoms with Gasteiger partial charge in [-0.05, 0) is 23.8 Å². The molecule has 8 heteroatoms. The highest BCUT2D eigenvalue weighted by atomic mass is 16.6. The van der Waals surface area contributed by atoms with Crippen molar-refractivity contribution in [3.05, 3.63) is 94.5 Å². The molecular formula is C25H26N4O4. The fraction of sp³-hybridized carbons (Fsp3) is 0.240. The minimum absolute atomic E-state index is 0.0985. The number of nitrogens with zero attached hydrogens (tertiary/aromatic N) is 3. The average molecular weight is 447 g/mol. The fourth-order valence-corrected chi connectivity index (χ4v) is 4.18. The highest BCUT2D eigenvalue weighted by molar-refractivity contribution is 5.95. The number of nitro groups is 1. The molecule has 1 saturated heterocycles. The van der Waals surface area contributed by atoms with Crippen molar-refractivity contribution in [1.29, 1.82) is 0 Å². The number of nitrogens with one attached hydrogen (secondary N) is 1. The van der Waals surface area contributed by atoms with Gasteiger partial charge in [0.05, 0.1) is 12.0 Å². The predicted molar refractivity (Wildman–Crippen MR) is 128 cm³/mol. The highest BCUT2D eigenvalue weighted by Gasteiger charge is 2.32. The van der Waals surface area contributed by atoms with E-state index < -0.39 is 6.04 Å². The Hall–Kier alpha value is -3.91. The normalized spacial score (nSPS) is 15.0. The lowest BCUT2D eigenvalue weighted by atomic mass is 10.0. The van der Waals surface area contributed by atoms with Crippen LogP contribution in [0.4, 0.5) is 17.1 Å². The van der Waals surface area contributed by atoms with Gasteiger partial charge in [0.25, 0.3) is 5.69 Å². The predicted octanol–water partition coefficient (Wildman–Crippen LogP) is 4.11. The Morgan fingerprint density at radius 2 is 1.67 bits per heavy atom. The van der Waals surface area contributed by atoms with Gasteiger partial charge < -0.3 is 15.0 Å². The van der Waals surface area contributed by atoms with Crippen LogP contribution >= 0.6 is 0 Å². The zero-order chi connectivity index (χ0) is 23.2. The van der Waals surface area contributed by atoms with Crippen molar-refractivity contribution >= 4 is 23.0 Å². The first kappa shape index (κ1) is 22.3. The van der Waals surface area contributed by atoms with E-state index in [2.05, 4.69) is 10.2 Å². The molecule has 0 aromatic heterocycles. The largest absolute Gasteiger partial charge is 0.497 e. The number of nitro benzene ring substituents is 1. The summed E-state index contributed by atoms with van der Waals surface area (Å²) in [5, 5.41) is 14.5. The van der Waals surface area contributed by atoms with E-state index in [0.29, 0.717) is 43.3 Å². The van der Waals surface area contributed by atoms with Crippen LogP contribution in [-0.2, 0) is 4.79 Å². The van der Waals surface area contributed by atoms with E-state index in [1.54, 1.807) is 25.3 Å². The van der Waals surface area contributed by atoms with E-state index in [0.717, 1.165) is 5.56 Å². The van der Waals surface area contributed by atoms with E-state index in [9.17, 15) is 14.9 Å². The highest BCUT2D eigenvalue weighted by Crippen LogP contribution is 2.31. The maximum absolute atomic E-state index is 13.4. The molecule has 1 amide bonds. The number of anilines is 2. The maximum Gasteiger partial charge on any atom is 0.292 e. The number of amides is 1. The fourth-order valence-electron chi connectivity index (χ4n) is 4.18. The maximum atomic E-state index is 13.4. The molecule has 1 fully saturated rings. The molecule has 0 aliphatic carbocycles. The third kappa shape index (κ3) is 5.12. The van der Waals surface area contributed by atoms with Crippen LogP contribution in [0.2, 0.25) is 0 Å². The summed E-state index contributed by atoms with van der Waals surface area (Å²) in [4.78, 5) is 28.6. The molecule has 170 valence electrons. The molecule has 8 nitrogen and oxygen atoms in total. The molecule has 33 heavy (non-hydrogen) atoms. The molecule has 1 N–H and O–H groups in total. The van der Waals surface area contributed by atoms with Crippen LogP contribution < -0.4 is 15.0 Å². The van der Waals surface area contributed by atoms with Gasteiger partial charge in [-0.1, -0.05) is 48.5 Å². The van der Waals surface area contributed by atoms with E-state index >= 15 is 0 Å². The summed E-state index contributed by atoms with van der Waals surface area (Å²) in [6.45, 7) is 2.36. The number of para-hydroxylation sites is 2. The second-order valence-corrected chi connectivity index (χ2v) is 7.80. The van der Waals surface area contributed by atoms with Gasteiger partial charge in [0.2, 0.25) is 5.91 Å². The summed E-state index contributed by atoms with van der Waals surface area (Å²) in [6.07, 6.45) is 0. The minimum Gasteiger partial charge on any atom is -0.497 e. The van der Waals surface area contributed by atoms with Gasteiger partial charge in [0.1, 0.15) is 17.5 Å². The van der Waals surface area contributed by atoms with Crippen molar-refractivity contribution in [1.82, 2.24) is 4.90 Å². The van der Waals surface area contributed by atoms with Gasteiger partial charge in [-0.25, -0.2) is 0 Å². The smallest absolute Gasteiger partial charge is 0.292 e. The monoisotopic (exact) mass is 446 g/mol. The van der Waals surface area contributed by atoms with Gasteiger partial charge in [0, 0.05) is 44.0 Å². The molecule has 1 heterocycles. The number of benzene rings is 3. The lowest BCUT2D eigenvalue weighted by molar-refractivity contribution is -0.384. The van der Waals surface area contributed by atoms with Crippen LogP contribution in [0.15, 0.2) is 78.9 Å². The number of carbonyl (C=O) groups excluding carboxylic acids is 1. The second kappa shape index (κ2) is 10.1. The molecule has 1 aliphatic heterocycles. The number of methoxy groups -OCH3 is 1. The Bertz CT molecular complexity index is 1110. The third-order valence-corrected chi connectivity index (χ3v) is 5.80. The van der Waals surface area contributed by atoms with Gasteiger partial charge >= 0.3 is 0 Å². The van der Waals surface area contributed by atoms with Gasteiger partial charge in [-0.3, -0.25) is 19.8 Å². The van der Waals surface area contributed by atoms with Gasteiger partial charge in [0.15, 0.2) is 0 Å². The summed E-state index contributed by atoms with van der Waals surface area (Å²) in [7, 11) is 1.59. The molecule has 3 aromatic rings. The molecule has 3 aromatic carbocycles. The van der Waals surface area contributed by atoms with E-state index in [1.807, 2.05) is 59.5 Å². The van der Waals surface area contributed by atoms with E-state index in [-0.39, 0.29) is 16.5 Å². The quantitative estimate of drug-likeness (QED) is 0.434. The number of ether oxygens (including phenoxy) is 1. The van der Waals surface area contributed by atoms with Crippen LogP contribution in [0.1, 0.15) is 11.6 Å². The molecule has 1 unspecified atom stereocenters. The Balaban J connectivity index is 1.53. The number of piperazine rings is 1. The third-order valence-electron chi connectivity index (χ3n) is 5.80. The van der Waals surface area contributed by atoms with Crippen molar-refractivity contribution in [2.75, 3.05) is 43.5 Å². The van der Waals surface area contributed by atoms with Gasteiger partial charge in [-0.15, -0.1) is 0 Å². The van der Waals surface area contributed by atoms with Crippen molar-refractivity contribution in [2.24, 2.45) is 0 Å². The van der Waals surface area contributed by atoms with Crippen molar-refractivity contribution in [2.45, 2.75) is 6.04 Å². The number of hydrogen-bond acceptors (Lipinski definition) is 6. The summed E-state index contributed by atoms with van der Waals surface area (Å²) in [5.74, 6) is 0.538. The van der Waals surface area contributed by atoms with Gasteiger partial charge in [-0.2, -0.15) is 0 Å². The molecule has 0 spiro atoms. The Morgan fingerprint density at radius 1 is 0.970 bits per heavy atom. The lowest BCUT2D eigenvalue weighted by Gasteiger charge is -2.39. The second-order valence-electron chi connectivity index (χ2n) is 7.80. The minimum atomic E-state index is -0.481. The molecule has 0 saturated carbocycles. The zero-order valence-electron chi connectivity index (χ0n) is 18.4. The molecule has 4 rings (SSSR count). The van der Waals surface area contributed by atoms with Crippen LogP contribution in [0.3, 0.4) is 0 Å². The Kier molecular flexibility index (Phi) is 6.85.